The van der Waals surface area contributed by atoms with E-state index in [4.69, 9.17) is 16.7 Å². The molecule has 1 aromatic heterocycles. The van der Waals surface area contributed by atoms with Gasteiger partial charge in [-0.1, -0.05) is 35.5 Å². The maximum Gasteiger partial charge on any atom is 0.304 e. The van der Waals surface area contributed by atoms with Crippen LogP contribution in [0.15, 0.2) is 34.5 Å². The van der Waals surface area contributed by atoms with Crippen molar-refractivity contribution in [2.75, 3.05) is 0 Å². The molecule has 1 N–H and O–H groups in total. The molecule has 0 amide bonds. The van der Waals surface area contributed by atoms with Crippen molar-refractivity contribution >= 4 is 35.0 Å². The molecule has 2 aromatic rings. The number of hydrogen-bond acceptors (Lipinski definition) is 5. The average Bonchev–Trinajstić information content (AvgIpc) is 2.79. The van der Waals surface area contributed by atoms with Crippen molar-refractivity contribution in [2.24, 2.45) is 5.10 Å². The van der Waals surface area contributed by atoms with Crippen molar-refractivity contribution in [3.05, 3.63) is 40.7 Å². The summed E-state index contributed by atoms with van der Waals surface area (Å²) in [5, 5.41) is 22.5. The largest absolute Gasteiger partial charge is 0.481 e. The summed E-state index contributed by atoms with van der Waals surface area (Å²) >= 11 is 7.25. The van der Waals surface area contributed by atoms with Gasteiger partial charge < -0.3 is 5.11 Å². The van der Waals surface area contributed by atoms with Crippen LogP contribution in [-0.2, 0) is 4.79 Å². The number of aliphatic carboxylic acids is 1. The molecular formula is C13H11ClN4O2S. The Hall–Kier alpha value is -1.86. The molecule has 1 aliphatic rings. The van der Waals surface area contributed by atoms with Crippen LogP contribution in [0.2, 0.25) is 5.02 Å². The van der Waals surface area contributed by atoms with Crippen LogP contribution in [0.25, 0.3) is 0 Å². The molecule has 108 valence electrons. The van der Waals surface area contributed by atoms with Gasteiger partial charge in [-0.05, 0) is 24.6 Å². The van der Waals surface area contributed by atoms with Gasteiger partial charge in [0.25, 0.3) is 0 Å². The summed E-state index contributed by atoms with van der Waals surface area (Å²) in [6.45, 7) is 1.80. The van der Waals surface area contributed by atoms with Gasteiger partial charge in [0.15, 0.2) is 5.82 Å². The first-order valence-electron chi connectivity index (χ1n) is 6.20. The highest BCUT2D eigenvalue weighted by Crippen LogP contribution is 2.32. The van der Waals surface area contributed by atoms with E-state index >= 15 is 0 Å². The van der Waals surface area contributed by atoms with E-state index in [-0.39, 0.29) is 11.7 Å². The molecule has 1 aliphatic heterocycles. The number of carbonyl (C=O) groups is 1. The number of hydrogen-bond donors (Lipinski definition) is 1. The fourth-order valence-electron chi connectivity index (χ4n) is 2.04. The lowest BCUT2D eigenvalue weighted by atomic mass is 10.1. The second-order valence-corrected chi connectivity index (χ2v) is 6.14. The molecule has 6 nitrogen and oxygen atoms in total. The number of carboxylic acid groups (broad SMARTS) is 1. The SMILES string of the molecule is Cc1nnc2n1N=C(c1ccc(Cl)cc1)[C@@H](CC(=O)O)S2. The Morgan fingerprint density at radius 3 is 2.76 bits per heavy atom. The van der Waals surface area contributed by atoms with E-state index in [1.165, 1.54) is 11.8 Å². The standard InChI is InChI=1S/C13H11ClN4O2S/c1-7-15-16-13-18(7)17-12(10(21-13)6-11(19)20)8-2-4-9(14)5-3-8/h2-5,10H,6H2,1H3,(H,19,20)/t10-/m1/s1. The number of carboxylic acids is 1. The molecule has 0 saturated carbocycles. The van der Waals surface area contributed by atoms with Crippen LogP contribution in [0, 0.1) is 6.92 Å². The van der Waals surface area contributed by atoms with Crippen LogP contribution in [-0.4, -0.2) is 36.9 Å². The highest BCUT2D eigenvalue weighted by Gasteiger charge is 2.29. The van der Waals surface area contributed by atoms with Crippen LogP contribution in [0.3, 0.4) is 0 Å². The van der Waals surface area contributed by atoms with Gasteiger partial charge in [0.1, 0.15) is 0 Å². The van der Waals surface area contributed by atoms with Crippen LogP contribution >= 0.6 is 23.4 Å². The van der Waals surface area contributed by atoms with Crippen LogP contribution in [0.1, 0.15) is 17.8 Å². The molecule has 0 fully saturated rings. The molecule has 2 heterocycles. The van der Waals surface area contributed by atoms with Gasteiger partial charge in [-0.25, -0.2) is 0 Å². The van der Waals surface area contributed by atoms with Gasteiger partial charge in [-0.15, -0.1) is 10.2 Å². The minimum Gasteiger partial charge on any atom is -0.481 e. The fourth-order valence-corrected chi connectivity index (χ4v) is 3.31. The second kappa shape index (κ2) is 5.50. The molecule has 0 saturated heterocycles. The zero-order valence-electron chi connectivity index (χ0n) is 11.0. The molecule has 21 heavy (non-hydrogen) atoms. The van der Waals surface area contributed by atoms with Gasteiger partial charge in [0.05, 0.1) is 17.4 Å². The first-order chi connectivity index (χ1) is 10.0. The van der Waals surface area contributed by atoms with Gasteiger partial charge in [0.2, 0.25) is 5.16 Å². The summed E-state index contributed by atoms with van der Waals surface area (Å²) in [5.41, 5.74) is 1.53. The van der Waals surface area contributed by atoms with Crippen LogP contribution in [0.4, 0.5) is 0 Å². The van der Waals surface area contributed by atoms with E-state index in [1.807, 2.05) is 12.1 Å². The van der Waals surface area contributed by atoms with Crippen molar-refractivity contribution in [1.29, 1.82) is 0 Å². The molecule has 3 rings (SSSR count). The number of fused-ring (bicyclic) bond motifs is 1. The normalized spacial score (nSPS) is 17.2. The Labute approximate surface area is 129 Å². The van der Waals surface area contributed by atoms with Crippen molar-refractivity contribution in [1.82, 2.24) is 14.9 Å². The Bertz CT molecular complexity index is 726. The number of aromatic nitrogens is 3. The third kappa shape index (κ3) is 2.79. The molecule has 1 aromatic carbocycles. The van der Waals surface area contributed by atoms with Crippen molar-refractivity contribution in [3.63, 3.8) is 0 Å². The number of halogens is 1. The minimum absolute atomic E-state index is 0.0297. The highest BCUT2D eigenvalue weighted by molar-refractivity contribution is 8.00. The summed E-state index contributed by atoms with van der Waals surface area (Å²) in [6, 6.07) is 7.19. The molecule has 1 atom stereocenters. The molecule has 0 bridgehead atoms. The number of aryl methyl sites for hydroxylation is 1. The second-order valence-electron chi connectivity index (χ2n) is 4.54. The Morgan fingerprint density at radius 2 is 2.10 bits per heavy atom. The summed E-state index contributed by atoms with van der Waals surface area (Å²) < 4.78 is 1.63. The topological polar surface area (TPSA) is 80.4 Å². The number of benzene rings is 1. The fraction of sp³-hybridized carbons (Fsp3) is 0.231. The lowest BCUT2D eigenvalue weighted by molar-refractivity contribution is -0.136. The lowest BCUT2D eigenvalue weighted by Gasteiger charge is -2.21. The van der Waals surface area contributed by atoms with E-state index in [2.05, 4.69) is 15.3 Å². The van der Waals surface area contributed by atoms with E-state index < -0.39 is 5.97 Å². The third-order valence-corrected chi connectivity index (χ3v) is 4.42. The van der Waals surface area contributed by atoms with Crippen molar-refractivity contribution in [3.8, 4) is 0 Å². The summed E-state index contributed by atoms with van der Waals surface area (Å²) in [4.78, 5) is 11.1. The Kier molecular flexibility index (Phi) is 3.69. The zero-order chi connectivity index (χ0) is 15.0. The van der Waals surface area contributed by atoms with E-state index in [0.717, 1.165) is 5.56 Å². The first kappa shape index (κ1) is 14.1. The minimum atomic E-state index is -0.876. The molecule has 0 radical (unpaired) electrons. The van der Waals surface area contributed by atoms with E-state index in [1.54, 1.807) is 23.7 Å². The molecule has 0 spiro atoms. The van der Waals surface area contributed by atoms with Crippen LogP contribution in [0.5, 0.6) is 0 Å². The smallest absolute Gasteiger partial charge is 0.304 e. The molecule has 8 heteroatoms. The van der Waals surface area contributed by atoms with Crippen molar-refractivity contribution in [2.45, 2.75) is 23.8 Å². The van der Waals surface area contributed by atoms with E-state index in [0.29, 0.717) is 21.7 Å². The predicted octanol–water partition coefficient (Wildman–Crippen LogP) is 2.44. The predicted molar refractivity (Wildman–Crippen MR) is 80.0 cm³/mol. The first-order valence-corrected chi connectivity index (χ1v) is 7.45. The maximum atomic E-state index is 11.1. The highest BCUT2D eigenvalue weighted by atomic mass is 35.5. The molecular weight excluding hydrogens is 312 g/mol. The van der Waals surface area contributed by atoms with Gasteiger partial charge in [-0.2, -0.15) is 9.78 Å². The summed E-state index contributed by atoms with van der Waals surface area (Å²) in [5.74, 6) is -0.211. The number of thioether (sulfide) groups is 1. The van der Waals surface area contributed by atoms with E-state index in [9.17, 15) is 4.79 Å². The summed E-state index contributed by atoms with van der Waals surface area (Å²) in [6.07, 6.45) is -0.0297. The number of nitrogens with zero attached hydrogens (tertiary/aromatic N) is 4. The summed E-state index contributed by atoms with van der Waals surface area (Å²) in [7, 11) is 0. The monoisotopic (exact) mass is 322 g/mol. The Balaban J connectivity index is 2.07. The van der Waals surface area contributed by atoms with Gasteiger partial charge in [0, 0.05) is 5.02 Å². The van der Waals surface area contributed by atoms with Gasteiger partial charge >= 0.3 is 5.97 Å². The van der Waals surface area contributed by atoms with Crippen LogP contribution < -0.4 is 0 Å². The molecule has 0 aliphatic carbocycles. The maximum absolute atomic E-state index is 11.1. The zero-order valence-corrected chi connectivity index (χ0v) is 12.6. The third-order valence-electron chi connectivity index (χ3n) is 3.03. The van der Waals surface area contributed by atoms with Gasteiger partial charge in [-0.3, -0.25) is 4.79 Å². The molecule has 0 unspecified atom stereocenters. The lowest BCUT2D eigenvalue weighted by Crippen LogP contribution is -2.27. The van der Waals surface area contributed by atoms with Crippen molar-refractivity contribution < 1.29 is 9.90 Å². The number of rotatable bonds is 3. The Morgan fingerprint density at radius 1 is 1.38 bits per heavy atom. The average molecular weight is 323 g/mol. The quantitative estimate of drug-likeness (QED) is 0.938.